The molecular formula is C26H25N5O2. The molecule has 3 amide bonds. The monoisotopic (exact) mass is 439 g/mol. The van der Waals surface area contributed by atoms with Crippen molar-refractivity contribution in [2.45, 2.75) is 13.1 Å². The Labute approximate surface area is 192 Å². The van der Waals surface area contributed by atoms with Gasteiger partial charge in [0.1, 0.15) is 0 Å². The molecule has 7 heteroatoms. The van der Waals surface area contributed by atoms with Crippen LogP contribution in [-0.2, 0) is 13.1 Å². The SMILES string of the molecule is CN(Cc1cnn(Cc2ccccc2)c1)C(=O)c1ccc(NC(=O)Nc2ccccc2)cc1. The van der Waals surface area contributed by atoms with Crippen LogP contribution in [0.2, 0.25) is 0 Å². The quantitative estimate of drug-likeness (QED) is 0.432. The summed E-state index contributed by atoms with van der Waals surface area (Å²) in [5.74, 6) is -0.105. The summed E-state index contributed by atoms with van der Waals surface area (Å²) in [6, 6.07) is 25.8. The van der Waals surface area contributed by atoms with Crippen molar-refractivity contribution in [2.75, 3.05) is 17.7 Å². The van der Waals surface area contributed by atoms with E-state index in [0.29, 0.717) is 30.0 Å². The van der Waals surface area contributed by atoms with Crippen LogP contribution < -0.4 is 10.6 Å². The van der Waals surface area contributed by atoms with Crippen LogP contribution in [0.15, 0.2) is 97.3 Å². The lowest BCUT2D eigenvalue weighted by Gasteiger charge is -2.16. The van der Waals surface area contributed by atoms with E-state index in [2.05, 4.69) is 27.9 Å². The first kappa shape index (κ1) is 21.8. The van der Waals surface area contributed by atoms with E-state index < -0.39 is 0 Å². The van der Waals surface area contributed by atoms with E-state index in [0.717, 1.165) is 5.56 Å². The molecule has 0 atom stereocenters. The van der Waals surface area contributed by atoms with Crippen LogP contribution in [0.25, 0.3) is 0 Å². The number of anilines is 2. The summed E-state index contributed by atoms with van der Waals surface area (Å²) in [6.45, 7) is 1.14. The van der Waals surface area contributed by atoms with Crippen LogP contribution in [0.5, 0.6) is 0 Å². The molecule has 7 nitrogen and oxygen atoms in total. The van der Waals surface area contributed by atoms with Crippen LogP contribution in [-0.4, -0.2) is 33.7 Å². The van der Waals surface area contributed by atoms with E-state index in [1.54, 1.807) is 42.4 Å². The molecule has 0 radical (unpaired) electrons. The second-order valence-electron chi connectivity index (χ2n) is 7.72. The number of rotatable bonds is 7. The summed E-state index contributed by atoms with van der Waals surface area (Å²) in [7, 11) is 1.76. The van der Waals surface area contributed by atoms with Crippen LogP contribution in [0.3, 0.4) is 0 Å². The Morgan fingerprint density at radius 2 is 1.42 bits per heavy atom. The first-order chi connectivity index (χ1) is 16.1. The molecule has 166 valence electrons. The normalized spacial score (nSPS) is 10.5. The van der Waals surface area contributed by atoms with Crippen molar-refractivity contribution in [3.63, 3.8) is 0 Å². The van der Waals surface area contributed by atoms with E-state index in [9.17, 15) is 9.59 Å². The highest BCUT2D eigenvalue weighted by molar-refractivity contribution is 6.00. The summed E-state index contributed by atoms with van der Waals surface area (Å²) in [5, 5.41) is 9.92. The molecule has 0 aliphatic carbocycles. The van der Waals surface area contributed by atoms with Gasteiger partial charge in [-0.05, 0) is 42.0 Å². The number of hydrogen-bond acceptors (Lipinski definition) is 3. The summed E-state index contributed by atoms with van der Waals surface area (Å²) in [6.07, 6.45) is 3.74. The first-order valence-electron chi connectivity index (χ1n) is 10.6. The topological polar surface area (TPSA) is 79.3 Å². The molecule has 0 fully saturated rings. The standard InChI is InChI=1S/C26H25N5O2/c1-30(17-21-16-27-31(19-21)18-20-8-4-2-5-9-20)25(32)22-12-14-24(15-13-22)29-26(33)28-23-10-6-3-7-11-23/h2-16,19H,17-18H2,1H3,(H2,28,29,33). The largest absolute Gasteiger partial charge is 0.337 e. The van der Waals surface area contributed by atoms with Gasteiger partial charge in [-0.15, -0.1) is 0 Å². The van der Waals surface area contributed by atoms with Crippen molar-refractivity contribution in [3.05, 3.63) is 114 Å². The lowest BCUT2D eigenvalue weighted by molar-refractivity contribution is 0.0785. The second-order valence-corrected chi connectivity index (χ2v) is 7.72. The Morgan fingerprint density at radius 3 is 2.09 bits per heavy atom. The van der Waals surface area contributed by atoms with Crippen molar-refractivity contribution >= 4 is 23.3 Å². The zero-order chi connectivity index (χ0) is 23.0. The number of carbonyl (C=O) groups is 2. The number of para-hydroxylation sites is 1. The van der Waals surface area contributed by atoms with E-state index in [4.69, 9.17) is 0 Å². The number of carbonyl (C=O) groups excluding carboxylic acids is 2. The summed E-state index contributed by atoms with van der Waals surface area (Å²) in [4.78, 5) is 26.6. The van der Waals surface area contributed by atoms with Crippen LogP contribution in [0.4, 0.5) is 16.2 Å². The predicted octanol–water partition coefficient (Wildman–Crippen LogP) is 4.85. The van der Waals surface area contributed by atoms with E-state index in [1.807, 2.05) is 59.4 Å². The van der Waals surface area contributed by atoms with Gasteiger partial charge in [-0.2, -0.15) is 5.10 Å². The van der Waals surface area contributed by atoms with Gasteiger partial charge in [-0.25, -0.2) is 4.79 Å². The van der Waals surface area contributed by atoms with Crippen molar-refractivity contribution in [2.24, 2.45) is 0 Å². The highest BCUT2D eigenvalue weighted by Gasteiger charge is 2.13. The third kappa shape index (κ3) is 6.07. The predicted molar refractivity (Wildman–Crippen MR) is 129 cm³/mol. The lowest BCUT2D eigenvalue weighted by Crippen LogP contribution is -2.26. The molecule has 0 spiro atoms. The zero-order valence-corrected chi connectivity index (χ0v) is 18.3. The molecule has 33 heavy (non-hydrogen) atoms. The van der Waals surface area contributed by atoms with Crippen molar-refractivity contribution in [1.82, 2.24) is 14.7 Å². The molecule has 0 bridgehead atoms. The van der Waals surface area contributed by atoms with E-state index in [-0.39, 0.29) is 11.9 Å². The number of aromatic nitrogens is 2. The minimum atomic E-state index is -0.343. The minimum absolute atomic E-state index is 0.105. The lowest BCUT2D eigenvalue weighted by atomic mass is 10.1. The van der Waals surface area contributed by atoms with Crippen LogP contribution in [0, 0.1) is 0 Å². The maximum atomic E-state index is 12.8. The summed E-state index contributed by atoms with van der Waals surface area (Å²) < 4.78 is 1.87. The van der Waals surface area contributed by atoms with Crippen LogP contribution >= 0.6 is 0 Å². The van der Waals surface area contributed by atoms with Gasteiger partial charge in [0.15, 0.2) is 0 Å². The molecule has 0 aliphatic heterocycles. The third-order valence-electron chi connectivity index (χ3n) is 5.06. The molecule has 4 aromatic rings. The number of hydrogen-bond donors (Lipinski definition) is 2. The maximum Gasteiger partial charge on any atom is 0.323 e. The van der Waals surface area contributed by atoms with Crippen molar-refractivity contribution in [3.8, 4) is 0 Å². The first-order valence-corrected chi connectivity index (χ1v) is 10.6. The molecule has 1 aromatic heterocycles. The number of benzene rings is 3. The van der Waals surface area contributed by atoms with Crippen LogP contribution in [0.1, 0.15) is 21.5 Å². The van der Waals surface area contributed by atoms with Gasteiger partial charge in [-0.3, -0.25) is 9.48 Å². The minimum Gasteiger partial charge on any atom is -0.337 e. The van der Waals surface area contributed by atoms with Gasteiger partial charge < -0.3 is 15.5 Å². The number of urea groups is 1. The smallest absolute Gasteiger partial charge is 0.323 e. The van der Waals surface area contributed by atoms with Gasteiger partial charge in [0.2, 0.25) is 0 Å². The molecule has 0 unspecified atom stereocenters. The third-order valence-corrected chi connectivity index (χ3v) is 5.06. The zero-order valence-electron chi connectivity index (χ0n) is 18.3. The highest BCUT2D eigenvalue weighted by Crippen LogP contribution is 2.14. The summed E-state index contributed by atoms with van der Waals surface area (Å²) >= 11 is 0. The Hall–Kier alpha value is -4.39. The average Bonchev–Trinajstić information content (AvgIpc) is 3.27. The van der Waals surface area contributed by atoms with E-state index >= 15 is 0 Å². The fourth-order valence-electron chi connectivity index (χ4n) is 3.42. The summed E-state index contributed by atoms with van der Waals surface area (Å²) in [5.41, 5.74) is 3.98. The fraction of sp³-hybridized carbons (Fsp3) is 0.115. The highest BCUT2D eigenvalue weighted by atomic mass is 16.2. The number of nitrogens with one attached hydrogen (secondary N) is 2. The Kier molecular flexibility index (Phi) is 6.80. The van der Waals surface area contributed by atoms with Crippen molar-refractivity contribution < 1.29 is 9.59 Å². The Bertz CT molecular complexity index is 1200. The van der Waals surface area contributed by atoms with Gasteiger partial charge in [0.05, 0.1) is 12.7 Å². The van der Waals surface area contributed by atoms with Gasteiger partial charge >= 0.3 is 6.03 Å². The Morgan fingerprint density at radius 1 is 0.818 bits per heavy atom. The average molecular weight is 440 g/mol. The molecule has 4 rings (SSSR count). The fourth-order valence-corrected chi connectivity index (χ4v) is 3.42. The molecule has 0 saturated carbocycles. The van der Waals surface area contributed by atoms with Gasteiger partial charge in [0.25, 0.3) is 5.91 Å². The van der Waals surface area contributed by atoms with Gasteiger partial charge in [0, 0.05) is 42.3 Å². The molecule has 2 N–H and O–H groups in total. The molecule has 3 aromatic carbocycles. The number of amides is 3. The maximum absolute atomic E-state index is 12.8. The van der Waals surface area contributed by atoms with E-state index in [1.165, 1.54) is 5.56 Å². The molecule has 1 heterocycles. The second kappa shape index (κ2) is 10.3. The van der Waals surface area contributed by atoms with Crippen molar-refractivity contribution in [1.29, 1.82) is 0 Å². The molecular weight excluding hydrogens is 414 g/mol. The molecule has 0 saturated heterocycles. The molecule has 0 aliphatic rings. The van der Waals surface area contributed by atoms with Gasteiger partial charge in [-0.1, -0.05) is 48.5 Å². The number of nitrogens with zero attached hydrogens (tertiary/aromatic N) is 3. The Balaban J connectivity index is 1.31.